The first-order valence-corrected chi connectivity index (χ1v) is 5.28. The van der Waals surface area contributed by atoms with Gasteiger partial charge in [-0.05, 0) is 18.2 Å². The van der Waals surface area contributed by atoms with Crippen molar-refractivity contribution in [2.45, 2.75) is 0 Å². The van der Waals surface area contributed by atoms with Gasteiger partial charge in [0, 0.05) is 11.8 Å². The Hall–Kier alpha value is -2.83. The Labute approximate surface area is 107 Å². The number of nitro benzene ring substituents is 1. The second kappa shape index (κ2) is 5.21. The maximum absolute atomic E-state index is 11.7. The van der Waals surface area contributed by atoms with Gasteiger partial charge in [0.15, 0.2) is 5.75 Å². The van der Waals surface area contributed by atoms with E-state index >= 15 is 0 Å². The van der Waals surface area contributed by atoms with Gasteiger partial charge >= 0.3 is 5.69 Å². The number of hydrogen-bond acceptors (Lipinski definition) is 5. The molecule has 2 rings (SSSR count). The van der Waals surface area contributed by atoms with Crippen LogP contribution >= 0.6 is 0 Å². The number of ether oxygens (including phenoxy) is 1. The number of hydrogen-bond donors (Lipinski definition) is 1. The number of anilines is 1. The minimum absolute atomic E-state index is 0.131. The highest BCUT2D eigenvalue weighted by atomic mass is 16.6. The fraction of sp³-hybridized carbons (Fsp3) is 0.0833. The fourth-order valence-corrected chi connectivity index (χ4v) is 1.51. The highest BCUT2D eigenvalue weighted by molar-refractivity contribution is 6.04. The third-order valence-electron chi connectivity index (χ3n) is 2.42. The minimum atomic E-state index is -0.577. The first kappa shape index (κ1) is 12.6. The molecule has 7 heteroatoms. The molecule has 0 fully saturated rings. The molecule has 1 N–H and O–H groups in total. The largest absolute Gasteiger partial charge is 0.490 e. The summed E-state index contributed by atoms with van der Waals surface area (Å²) in [6, 6.07) is 5.66. The smallest absolute Gasteiger partial charge is 0.312 e. The van der Waals surface area contributed by atoms with Crippen molar-refractivity contribution >= 4 is 17.3 Å². The lowest BCUT2D eigenvalue weighted by molar-refractivity contribution is -0.385. The molecule has 0 aliphatic carbocycles. The van der Waals surface area contributed by atoms with Gasteiger partial charge in [0.25, 0.3) is 5.91 Å². The third-order valence-corrected chi connectivity index (χ3v) is 2.42. The molecule has 0 spiro atoms. The SMILES string of the molecule is COc1ccc(NC(=O)c2ccoc2)cc1[N+](=O)[O-]. The first-order chi connectivity index (χ1) is 9.11. The van der Waals surface area contributed by atoms with E-state index in [1.807, 2.05) is 0 Å². The van der Waals surface area contributed by atoms with Crippen molar-refractivity contribution in [1.82, 2.24) is 0 Å². The predicted molar refractivity (Wildman–Crippen MR) is 66.3 cm³/mol. The molecular weight excluding hydrogens is 252 g/mol. The van der Waals surface area contributed by atoms with Crippen LogP contribution in [0.25, 0.3) is 0 Å². The molecule has 98 valence electrons. The summed E-state index contributed by atoms with van der Waals surface area (Å²) >= 11 is 0. The molecule has 0 saturated carbocycles. The van der Waals surface area contributed by atoms with Gasteiger partial charge in [-0.15, -0.1) is 0 Å². The summed E-state index contributed by atoms with van der Waals surface area (Å²) in [6.07, 6.45) is 2.65. The highest BCUT2D eigenvalue weighted by Crippen LogP contribution is 2.29. The van der Waals surface area contributed by atoms with E-state index in [0.717, 1.165) is 0 Å². The van der Waals surface area contributed by atoms with Gasteiger partial charge in [0.2, 0.25) is 0 Å². The molecule has 0 saturated heterocycles. The minimum Gasteiger partial charge on any atom is -0.490 e. The Morgan fingerprint density at radius 3 is 2.79 bits per heavy atom. The number of nitro groups is 1. The van der Waals surface area contributed by atoms with Gasteiger partial charge < -0.3 is 14.5 Å². The summed E-state index contributed by atoms with van der Waals surface area (Å²) in [5.41, 5.74) is 0.421. The Balaban J connectivity index is 2.24. The number of nitrogens with one attached hydrogen (secondary N) is 1. The monoisotopic (exact) mass is 262 g/mol. The molecule has 0 radical (unpaired) electrons. The standard InChI is InChI=1S/C12H10N2O5/c1-18-11-3-2-9(6-10(11)14(16)17)13-12(15)8-4-5-19-7-8/h2-7H,1H3,(H,13,15). The van der Waals surface area contributed by atoms with Crippen LogP contribution in [0.3, 0.4) is 0 Å². The molecule has 7 nitrogen and oxygen atoms in total. The average Bonchev–Trinajstić information content (AvgIpc) is 2.92. The number of methoxy groups -OCH3 is 1. The predicted octanol–water partition coefficient (Wildman–Crippen LogP) is 2.45. The molecule has 19 heavy (non-hydrogen) atoms. The molecule has 2 aromatic rings. The Morgan fingerprint density at radius 1 is 1.42 bits per heavy atom. The van der Waals surface area contributed by atoms with Crippen LogP contribution in [0.4, 0.5) is 11.4 Å². The summed E-state index contributed by atoms with van der Waals surface area (Å²) in [4.78, 5) is 22.0. The first-order valence-electron chi connectivity index (χ1n) is 5.28. The van der Waals surface area contributed by atoms with Crippen LogP contribution in [0.2, 0.25) is 0 Å². The Kier molecular flexibility index (Phi) is 3.46. The maximum atomic E-state index is 11.7. The lowest BCUT2D eigenvalue weighted by Gasteiger charge is -2.06. The molecule has 1 aromatic heterocycles. The van der Waals surface area contributed by atoms with Crippen LogP contribution in [0.5, 0.6) is 5.75 Å². The Bertz CT molecular complexity index is 607. The van der Waals surface area contributed by atoms with E-state index in [1.165, 1.54) is 43.9 Å². The quantitative estimate of drug-likeness (QED) is 0.674. The number of carbonyl (C=O) groups is 1. The fourth-order valence-electron chi connectivity index (χ4n) is 1.51. The van der Waals surface area contributed by atoms with E-state index < -0.39 is 10.8 Å². The lowest BCUT2D eigenvalue weighted by Crippen LogP contribution is -2.11. The zero-order valence-electron chi connectivity index (χ0n) is 9.95. The average molecular weight is 262 g/mol. The number of furan rings is 1. The summed E-state index contributed by atoms with van der Waals surface area (Å²) in [5.74, 6) is -0.278. The van der Waals surface area contributed by atoms with Crippen molar-refractivity contribution in [3.8, 4) is 5.75 Å². The summed E-state index contributed by atoms with van der Waals surface area (Å²) in [6.45, 7) is 0. The summed E-state index contributed by atoms with van der Waals surface area (Å²) in [7, 11) is 1.34. The molecule has 0 atom stereocenters. The van der Waals surface area contributed by atoms with Crippen molar-refractivity contribution < 1.29 is 18.9 Å². The Morgan fingerprint density at radius 2 is 2.21 bits per heavy atom. The van der Waals surface area contributed by atoms with E-state index in [4.69, 9.17) is 9.15 Å². The molecule has 0 aliphatic heterocycles. The zero-order chi connectivity index (χ0) is 13.8. The molecular formula is C12H10N2O5. The van der Waals surface area contributed by atoms with E-state index in [2.05, 4.69) is 5.32 Å². The number of nitrogens with zero attached hydrogens (tertiary/aromatic N) is 1. The van der Waals surface area contributed by atoms with Crippen molar-refractivity contribution in [1.29, 1.82) is 0 Å². The molecule has 0 aliphatic rings. The number of carbonyl (C=O) groups excluding carboxylic acids is 1. The van der Waals surface area contributed by atoms with Crippen molar-refractivity contribution in [2.75, 3.05) is 12.4 Å². The third kappa shape index (κ3) is 2.71. The van der Waals surface area contributed by atoms with Crippen LogP contribution in [0.1, 0.15) is 10.4 Å². The molecule has 0 bridgehead atoms. The van der Waals surface area contributed by atoms with E-state index in [0.29, 0.717) is 11.3 Å². The van der Waals surface area contributed by atoms with Gasteiger partial charge in [-0.2, -0.15) is 0 Å². The summed E-state index contributed by atoms with van der Waals surface area (Å²) in [5, 5.41) is 13.4. The van der Waals surface area contributed by atoms with Gasteiger partial charge in [0.05, 0.1) is 23.9 Å². The van der Waals surface area contributed by atoms with Gasteiger partial charge in [-0.25, -0.2) is 0 Å². The van der Waals surface area contributed by atoms with Gasteiger partial charge in [-0.1, -0.05) is 0 Å². The molecule has 1 amide bonds. The summed E-state index contributed by atoms with van der Waals surface area (Å²) < 4.78 is 9.65. The van der Waals surface area contributed by atoms with Crippen LogP contribution in [0, 0.1) is 10.1 Å². The van der Waals surface area contributed by atoms with Gasteiger partial charge in [0.1, 0.15) is 6.26 Å². The van der Waals surface area contributed by atoms with E-state index in [1.54, 1.807) is 0 Å². The number of rotatable bonds is 4. The van der Waals surface area contributed by atoms with Crippen molar-refractivity contribution in [3.63, 3.8) is 0 Å². The second-order valence-electron chi connectivity index (χ2n) is 3.61. The van der Waals surface area contributed by atoms with Crippen molar-refractivity contribution in [2.24, 2.45) is 0 Å². The zero-order valence-corrected chi connectivity index (χ0v) is 9.95. The van der Waals surface area contributed by atoms with Crippen LogP contribution in [-0.2, 0) is 0 Å². The van der Waals surface area contributed by atoms with Crippen molar-refractivity contribution in [3.05, 3.63) is 52.5 Å². The second-order valence-corrected chi connectivity index (χ2v) is 3.61. The van der Waals surface area contributed by atoms with E-state index in [-0.39, 0.29) is 11.4 Å². The topological polar surface area (TPSA) is 94.6 Å². The van der Waals surface area contributed by atoms with Gasteiger partial charge in [-0.3, -0.25) is 14.9 Å². The molecule has 1 heterocycles. The lowest BCUT2D eigenvalue weighted by atomic mass is 10.2. The van der Waals surface area contributed by atoms with Crippen LogP contribution in [0.15, 0.2) is 41.2 Å². The molecule has 0 unspecified atom stereocenters. The molecule has 1 aromatic carbocycles. The number of benzene rings is 1. The maximum Gasteiger partial charge on any atom is 0.312 e. The van der Waals surface area contributed by atoms with Crippen LogP contribution in [-0.4, -0.2) is 17.9 Å². The van der Waals surface area contributed by atoms with E-state index in [9.17, 15) is 14.9 Å². The normalized spacial score (nSPS) is 9.95. The number of amides is 1. The van der Waals surface area contributed by atoms with Crippen LogP contribution < -0.4 is 10.1 Å². The highest BCUT2D eigenvalue weighted by Gasteiger charge is 2.16.